The largest absolute Gasteiger partial charge is 0.748 e. The van der Waals surface area contributed by atoms with Gasteiger partial charge in [-0.3, -0.25) is 0 Å². The summed E-state index contributed by atoms with van der Waals surface area (Å²) in [5.74, 6) is 0.115. The highest BCUT2D eigenvalue weighted by Gasteiger charge is 2.35. The summed E-state index contributed by atoms with van der Waals surface area (Å²) in [5.41, 5.74) is 0. The summed E-state index contributed by atoms with van der Waals surface area (Å²) in [6.45, 7) is 0. The third-order valence-corrected chi connectivity index (χ3v) is 7.31. The normalized spacial score (nSPS) is 36.7. The Bertz CT molecular complexity index is 488. The van der Waals surface area contributed by atoms with Crippen LogP contribution in [0.15, 0.2) is 0 Å². The number of rotatable bonds is 3. The lowest BCUT2D eigenvalue weighted by Gasteiger charge is -2.39. The molecule has 0 aliphatic heterocycles. The first-order valence-corrected chi connectivity index (χ1v) is 10.0. The second kappa shape index (κ2) is 5.90. The monoisotopic (exact) mass is 324 g/mol. The van der Waals surface area contributed by atoms with E-state index in [1.807, 2.05) is 0 Å². The molecule has 2 rings (SSSR count). The summed E-state index contributed by atoms with van der Waals surface area (Å²) in [5, 5.41) is -1.68. The first-order chi connectivity index (χ1) is 9.18. The van der Waals surface area contributed by atoms with E-state index in [0.29, 0.717) is 38.5 Å². The molecule has 118 valence electrons. The Morgan fingerprint density at radius 1 is 0.650 bits per heavy atom. The molecule has 0 aromatic heterocycles. The Morgan fingerprint density at radius 2 is 1.00 bits per heavy atom. The highest BCUT2D eigenvalue weighted by molar-refractivity contribution is 7.86. The Balaban J connectivity index is 2.04. The summed E-state index contributed by atoms with van der Waals surface area (Å²) in [6.07, 6.45) is 4.45. The van der Waals surface area contributed by atoms with Crippen LogP contribution in [0, 0.1) is 11.8 Å². The van der Waals surface area contributed by atoms with Gasteiger partial charge in [0.2, 0.25) is 0 Å². The molecule has 2 aliphatic carbocycles. The lowest BCUT2D eigenvalue weighted by atomic mass is 9.73. The molecule has 4 unspecified atom stereocenters. The van der Waals surface area contributed by atoms with Crippen molar-refractivity contribution in [2.24, 2.45) is 11.8 Å². The van der Waals surface area contributed by atoms with Crippen LogP contribution in [0.1, 0.15) is 51.4 Å². The fourth-order valence-corrected chi connectivity index (χ4v) is 5.62. The molecular weight excluding hydrogens is 304 g/mol. The van der Waals surface area contributed by atoms with Crippen molar-refractivity contribution in [2.45, 2.75) is 61.9 Å². The van der Waals surface area contributed by atoms with Gasteiger partial charge in [-0.2, -0.15) is 0 Å². The zero-order valence-corrected chi connectivity index (χ0v) is 12.9. The van der Waals surface area contributed by atoms with Crippen molar-refractivity contribution < 1.29 is 25.9 Å². The maximum absolute atomic E-state index is 11.1. The average molecular weight is 324 g/mol. The third-order valence-electron chi connectivity index (χ3n) is 4.82. The molecule has 0 bridgehead atoms. The van der Waals surface area contributed by atoms with Gasteiger partial charge >= 0.3 is 0 Å². The van der Waals surface area contributed by atoms with E-state index >= 15 is 0 Å². The fraction of sp³-hybridized carbons (Fsp3) is 1.00. The van der Waals surface area contributed by atoms with Gasteiger partial charge in [-0.1, -0.05) is 25.7 Å². The summed E-state index contributed by atoms with van der Waals surface area (Å²) in [4.78, 5) is 0. The minimum Gasteiger partial charge on any atom is -0.748 e. The van der Waals surface area contributed by atoms with Crippen molar-refractivity contribution in [3.8, 4) is 0 Å². The van der Waals surface area contributed by atoms with E-state index in [2.05, 4.69) is 0 Å². The van der Waals surface area contributed by atoms with Gasteiger partial charge in [-0.25, -0.2) is 16.8 Å². The van der Waals surface area contributed by atoms with Crippen molar-refractivity contribution in [1.29, 1.82) is 0 Å². The first-order valence-electron chi connectivity index (χ1n) is 7.07. The smallest absolute Gasteiger partial charge is 0.0975 e. The molecule has 0 heterocycles. The first kappa shape index (κ1) is 16.2. The van der Waals surface area contributed by atoms with Crippen molar-refractivity contribution in [3.05, 3.63) is 0 Å². The van der Waals surface area contributed by atoms with Gasteiger partial charge < -0.3 is 9.11 Å². The standard InChI is InChI=1S/C12H22O6S2/c13-19(14,15)11-5-1-3-9(7-11)10-4-2-6-12(8-10)20(16,17)18/h9-12H,1-8H2,(H,13,14,15)(H,16,17,18)/p-2. The van der Waals surface area contributed by atoms with Gasteiger partial charge in [0.1, 0.15) is 0 Å². The van der Waals surface area contributed by atoms with Gasteiger partial charge in [0.05, 0.1) is 20.2 Å². The van der Waals surface area contributed by atoms with Gasteiger partial charge in [-0.15, -0.1) is 0 Å². The maximum atomic E-state index is 11.1. The molecule has 0 spiro atoms. The maximum Gasteiger partial charge on any atom is 0.0975 e. The molecule has 6 nitrogen and oxygen atoms in total. The molecule has 8 heteroatoms. The molecule has 0 saturated heterocycles. The van der Waals surface area contributed by atoms with Gasteiger partial charge in [0.15, 0.2) is 0 Å². The summed E-state index contributed by atoms with van der Waals surface area (Å²) in [7, 11) is -8.54. The van der Waals surface area contributed by atoms with Crippen LogP contribution in [-0.2, 0) is 20.2 Å². The van der Waals surface area contributed by atoms with E-state index in [4.69, 9.17) is 0 Å². The summed E-state index contributed by atoms with van der Waals surface area (Å²) < 4.78 is 66.8. The Hall–Kier alpha value is -0.180. The highest BCUT2D eigenvalue weighted by Crippen LogP contribution is 2.41. The van der Waals surface area contributed by atoms with E-state index in [1.54, 1.807) is 0 Å². The number of hydrogen-bond acceptors (Lipinski definition) is 6. The predicted octanol–water partition coefficient (Wildman–Crippen LogP) is 1.19. The Kier molecular flexibility index (Phi) is 4.78. The molecule has 0 N–H and O–H groups in total. The van der Waals surface area contributed by atoms with E-state index in [1.165, 1.54) is 0 Å². The minimum absolute atomic E-state index is 0.0574. The van der Waals surface area contributed by atoms with E-state index < -0.39 is 30.7 Å². The van der Waals surface area contributed by atoms with E-state index in [0.717, 1.165) is 12.8 Å². The molecule has 2 aliphatic rings. The molecule has 0 radical (unpaired) electrons. The summed E-state index contributed by atoms with van der Waals surface area (Å²) in [6, 6.07) is 0. The van der Waals surface area contributed by atoms with Crippen molar-refractivity contribution in [3.63, 3.8) is 0 Å². The zero-order chi connectivity index (χ0) is 15.0. The van der Waals surface area contributed by atoms with E-state index in [9.17, 15) is 25.9 Å². The van der Waals surface area contributed by atoms with Crippen molar-refractivity contribution in [1.82, 2.24) is 0 Å². The molecule has 0 aromatic rings. The van der Waals surface area contributed by atoms with Crippen LogP contribution in [0.4, 0.5) is 0 Å². The van der Waals surface area contributed by atoms with Crippen LogP contribution in [0.25, 0.3) is 0 Å². The quantitative estimate of drug-likeness (QED) is 0.720. The molecule has 0 amide bonds. The van der Waals surface area contributed by atoms with Gasteiger partial charge in [0, 0.05) is 10.5 Å². The molecule has 0 aromatic carbocycles. The van der Waals surface area contributed by atoms with Gasteiger partial charge in [0.25, 0.3) is 0 Å². The van der Waals surface area contributed by atoms with Crippen LogP contribution in [0.2, 0.25) is 0 Å². The van der Waals surface area contributed by atoms with E-state index in [-0.39, 0.29) is 11.8 Å². The third kappa shape index (κ3) is 3.93. The van der Waals surface area contributed by atoms with Crippen LogP contribution < -0.4 is 0 Å². The number of hydrogen-bond donors (Lipinski definition) is 0. The predicted molar refractivity (Wildman–Crippen MR) is 70.9 cm³/mol. The molecule has 2 fully saturated rings. The lowest BCUT2D eigenvalue weighted by molar-refractivity contribution is 0.193. The minimum atomic E-state index is -4.27. The van der Waals surface area contributed by atoms with Crippen molar-refractivity contribution in [2.75, 3.05) is 0 Å². The fourth-order valence-electron chi connectivity index (χ4n) is 3.74. The van der Waals surface area contributed by atoms with Crippen LogP contribution in [-0.4, -0.2) is 36.4 Å². The molecule has 4 atom stereocenters. The Morgan fingerprint density at radius 3 is 1.30 bits per heavy atom. The lowest BCUT2D eigenvalue weighted by Crippen LogP contribution is -2.36. The molecule has 2 saturated carbocycles. The zero-order valence-electron chi connectivity index (χ0n) is 11.2. The van der Waals surface area contributed by atoms with Crippen molar-refractivity contribution >= 4 is 20.2 Å². The second-order valence-corrected chi connectivity index (χ2v) is 9.39. The Labute approximate surface area is 120 Å². The van der Waals surface area contributed by atoms with Crippen LogP contribution in [0.3, 0.4) is 0 Å². The topological polar surface area (TPSA) is 114 Å². The van der Waals surface area contributed by atoms with Crippen LogP contribution in [0.5, 0.6) is 0 Å². The molecule has 20 heavy (non-hydrogen) atoms. The second-order valence-electron chi connectivity index (χ2n) is 6.08. The SMILES string of the molecule is O=S(=O)([O-])C1CCCC(C2CCCC(S(=O)(=O)[O-])C2)C1. The summed E-state index contributed by atoms with van der Waals surface area (Å²) >= 11 is 0. The van der Waals surface area contributed by atoms with Crippen LogP contribution >= 0.6 is 0 Å². The van der Waals surface area contributed by atoms with Gasteiger partial charge in [-0.05, 0) is 37.5 Å². The average Bonchev–Trinajstić information content (AvgIpc) is 2.37. The molecular formula is C12H20O6S2-2. The highest BCUT2D eigenvalue weighted by atomic mass is 32.2.